The van der Waals surface area contributed by atoms with Crippen LogP contribution in [-0.4, -0.2) is 18.3 Å². The van der Waals surface area contributed by atoms with Crippen LogP contribution in [0.25, 0.3) is 12.2 Å². The van der Waals surface area contributed by atoms with Crippen molar-refractivity contribution in [2.24, 2.45) is 0 Å². The zero-order valence-electron chi connectivity index (χ0n) is 17.7. The van der Waals surface area contributed by atoms with Gasteiger partial charge in [0.15, 0.2) is 0 Å². The molecule has 0 atom stereocenters. The molecule has 0 aromatic heterocycles. The molecule has 0 bridgehead atoms. The molecule has 1 heterocycles. The summed E-state index contributed by atoms with van der Waals surface area (Å²) >= 11 is 0. The fourth-order valence-corrected chi connectivity index (χ4v) is 3.03. The predicted molar refractivity (Wildman–Crippen MR) is 116 cm³/mol. The van der Waals surface area contributed by atoms with E-state index in [-0.39, 0.29) is 23.7 Å². The molecule has 1 aliphatic heterocycles. The Bertz CT molecular complexity index is 793. The second kappa shape index (κ2) is 6.96. The summed E-state index contributed by atoms with van der Waals surface area (Å²) in [5.41, 5.74) is 4.34. The average molecular weight is 362 g/mol. The van der Waals surface area contributed by atoms with Crippen LogP contribution in [0.1, 0.15) is 65.2 Å². The second-order valence-corrected chi connectivity index (χ2v) is 9.46. The average Bonchev–Trinajstić information content (AvgIpc) is 2.81. The van der Waals surface area contributed by atoms with Crippen LogP contribution in [0.15, 0.2) is 48.5 Å². The van der Waals surface area contributed by atoms with E-state index < -0.39 is 0 Å². The normalized spacial score (nSPS) is 19.0. The van der Waals surface area contributed by atoms with Gasteiger partial charge in [-0.3, -0.25) is 0 Å². The maximum atomic E-state index is 6.12. The molecule has 0 amide bonds. The van der Waals surface area contributed by atoms with Gasteiger partial charge >= 0.3 is 7.12 Å². The Kier molecular flexibility index (Phi) is 5.13. The first-order chi connectivity index (χ1) is 12.5. The van der Waals surface area contributed by atoms with Gasteiger partial charge in [-0.15, -0.1) is 0 Å². The largest absolute Gasteiger partial charge is 0.494 e. The first kappa shape index (κ1) is 19.9. The number of hydrogen-bond donors (Lipinski definition) is 0. The lowest BCUT2D eigenvalue weighted by atomic mass is 9.79. The van der Waals surface area contributed by atoms with E-state index in [2.05, 4.69) is 109 Å². The number of benzene rings is 2. The van der Waals surface area contributed by atoms with Crippen molar-refractivity contribution < 1.29 is 9.31 Å². The molecule has 2 nitrogen and oxygen atoms in total. The highest BCUT2D eigenvalue weighted by Crippen LogP contribution is 2.36. The van der Waals surface area contributed by atoms with E-state index in [0.29, 0.717) is 0 Å². The minimum Gasteiger partial charge on any atom is -0.399 e. The molecule has 27 heavy (non-hydrogen) atoms. The van der Waals surface area contributed by atoms with Crippen LogP contribution in [0.3, 0.4) is 0 Å². The first-order valence-corrected chi connectivity index (χ1v) is 9.72. The molecule has 1 aliphatic rings. The van der Waals surface area contributed by atoms with Crippen molar-refractivity contribution in [3.05, 3.63) is 65.2 Å². The van der Waals surface area contributed by atoms with Gasteiger partial charge in [0.05, 0.1) is 11.2 Å². The Morgan fingerprint density at radius 2 is 1.11 bits per heavy atom. The summed E-state index contributed by atoms with van der Waals surface area (Å²) in [6.45, 7) is 15.0. The van der Waals surface area contributed by atoms with Crippen molar-refractivity contribution in [3.63, 3.8) is 0 Å². The molecule has 3 rings (SSSR count). The van der Waals surface area contributed by atoms with Crippen LogP contribution in [0.5, 0.6) is 0 Å². The zero-order chi connectivity index (χ0) is 19.9. The van der Waals surface area contributed by atoms with Crippen LogP contribution in [0.2, 0.25) is 0 Å². The fourth-order valence-electron chi connectivity index (χ4n) is 3.03. The summed E-state index contributed by atoms with van der Waals surface area (Å²) in [6, 6.07) is 17.2. The predicted octanol–water partition coefficient (Wildman–Crippen LogP) is 5.45. The maximum absolute atomic E-state index is 6.12. The molecule has 2 aromatic rings. The third kappa shape index (κ3) is 4.36. The minimum absolute atomic E-state index is 0.186. The van der Waals surface area contributed by atoms with Crippen molar-refractivity contribution in [2.75, 3.05) is 0 Å². The van der Waals surface area contributed by atoms with Crippen molar-refractivity contribution >= 4 is 24.7 Å². The smallest absolute Gasteiger partial charge is 0.399 e. The molecular formula is C24H31BO2. The van der Waals surface area contributed by atoms with Gasteiger partial charge in [0.25, 0.3) is 0 Å². The van der Waals surface area contributed by atoms with Gasteiger partial charge in [-0.2, -0.15) is 0 Å². The molecule has 0 N–H and O–H groups in total. The lowest BCUT2D eigenvalue weighted by Gasteiger charge is -2.32. The monoisotopic (exact) mass is 362 g/mol. The number of hydrogen-bond acceptors (Lipinski definition) is 2. The Morgan fingerprint density at radius 1 is 0.704 bits per heavy atom. The molecule has 142 valence electrons. The zero-order valence-corrected chi connectivity index (χ0v) is 17.7. The standard InChI is InChI=1S/C24H31BO2/c1-22(2,3)20-14-10-18(11-15-20)8-9-19-12-16-21(17-13-19)25-26-23(4,5)24(6,7)27-25/h8-17H,1-7H3. The molecule has 0 aliphatic carbocycles. The van der Waals surface area contributed by atoms with Gasteiger partial charge in [-0.25, -0.2) is 0 Å². The van der Waals surface area contributed by atoms with E-state index in [4.69, 9.17) is 9.31 Å². The van der Waals surface area contributed by atoms with E-state index in [9.17, 15) is 0 Å². The Hall–Kier alpha value is -1.84. The summed E-state index contributed by atoms with van der Waals surface area (Å²) in [4.78, 5) is 0. The fraction of sp³-hybridized carbons (Fsp3) is 0.417. The third-order valence-corrected chi connectivity index (χ3v) is 5.71. The van der Waals surface area contributed by atoms with E-state index in [1.165, 1.54) is 11.1 Å². The van der Waals surface area contributed by atoms with Crippen LogP contribution >= 0.6 is 0 Å². The van der Waals surface area contributed by atoms with Gasteiger partial charge in [0, 0.05) is 0 Å². The highest BCUT2D eigenvalue weighted by atomic mass is 16.7. The molecule has 2 aromatic carbocycles. The van der Waals surface area contributed by atoms with Gasteiger partial charge in [-0.1, -0.05) is 81.5 Å². The Morgan fingerprint density at radius 3 is 1.52 bits per heavy atom. The van der Waals surface area contributed by atoms with Crippen molar-refractivity contribution in [3.8, 4) is 0 Å². The van der Waals surface area contributed by atoms with Gasteiger partial charge in [0.2, 0.25) is 0 Å². The summed E-state index contributed by atoms with van der Waals surface area (Å²) in [6.07, 6.45) is 4.29. The van der Waals surface area contributed by atoms with Crippen LogP contribution in [0, 0.1) is 0 Å². The molecule has 3 heteroatoms. The second-order valence-electron chi connectivity index (χ2n) is 9.46. The van der Waals surface area contributed by atoms with Crippen molar-refractivity contribution in [1.29, 1.82) is 0 Å². The van der Waals surface area contributed by atoms with Crippen LogP contribution in [-0.2, 0) is 14.7 Å². The van der Waals surface area contributed by atoms with E-state index >= 15 is 0 Å². The van der Waals surface area contributed by atoms with Crippen LogP contribution < -0.4 is 5.46 Å². The quantitative estimate of drug-likeness (QED) is 0.534. The summed E-state index contributed by atoms with van der Waals surface area (Å²) in [5, 5.41) is 0. The van der Waals surface area contributed by atoms with Crippen molar-refractivity contribution in [1.82, 2.24) is 0 Å². The van der Waals surface area contributed by atoms with Gasteiger partial charge < -0.3 is 9.31 Å². The summed E-state index contributed by atoms with van der Waals surface area (Å²) in [5.74, 6) is 0. The highest BCUT2D eigenvalue weighted by molar-refractivity contribution is 6.62. The molecule has 0 saturated carbocycles. The molecule has 0 unspecified atom stereocenters. The SMILES string of the molecule is CC(C)(C)c1ccc(C=Cc2ccc(B3OC(C)(C)C(C)(C)O3)cc2)cc1. The Labute approximate surface area is 164 Å². The van der Waals surface area contributed by atoms with E-state index in [1.807, 2.05) is 0 Å². The topological polar surface area (TPSA) is 18.5 Å². The van der Waals surface area contributed by atoms with E-state index in [1.54, 1.807) is 0 Å². The third-order valence-electron chi connectivity index (χ3n) is 5.71. The van der Waals surface area contributed by atoms with Crippen LogP contribution in [0.4, 0.5) is 0 Å². The molecule has 0 radical (unpaired) electrons. The minimum atomic E-state index is -0.310. The summed E-state index contributed by atoms with van der Waals surface area (Å²) in [7, 11) is -0.307. The molecular weight excluding hydrogens is 331 g/mol. The highest BCUT2D eigenvalue weighted by Gasteiger charge is 2.51. The lowest BCUT2D eigenvalue weighted by Crippen LogP contribution is -2.41. The van der Waals surface area contributed by atoms with Crippen molar-refractivity contribution in [2.45, 2.75) is 65.1 Å². The first-order valence-electron chi connectivity index (χ1n) is 9.72. The maximum Gasteiger partial charge on any atom is 0.494 e. The molecule has 1 saturated heterocycles. The van der Waals surface area contributed by atoms with Gasteiger partial charge in [0.1, 0.15) is 0 Å². The molecule has 1 fully saturated rings. The van der Waals surface area contributed by atoms with E-state index in [0.717, 1.165) is 11.0 Å². The number of rotatable bonds is 3. The molecule has 0 spiro atoms. The van der Waals surface area contributed by atoms with Gasteiger partial charge in [-0.05, 0) is 55.3 Å². The Balaban J connectivity index is 1.69. The lowest BCUT2D eigenvalue weighted by molar-refractivity contribution is 0.00578. The summed E-state index contributed by atoms with van der Waals surface area (Å²) < 4.78 is 12.2.